The summed E-state index contributed by atoms with van der Waals surface area (Å²) < 4.78 is 4.99. The Kier molecular flexibility index (Phi) is 5.98. The molecule has 0 radical (unpaired) electrons. The normalized spacial score (nSPS) is 19.6. The van der Waals surface area contributed by atoms with Crippen LogP contribution in [0.25, 0.3) is 11.4 Å². The molecule has 0 aliphatic carbocycles. The largest absolute Gasteiger partial charge is 0.314 e. The highest BCUT2D eigenvalue weighted by atomic mass is 32.1. The van der Waals surface area contributed by atoms with Gasteiger partial charge in [-0.05, 0) is 55.6 Å². The maximum Gasteiger partial charge on any atom is 0.203 e. The minimum Gasteiger partial charge on any atom is -0.314 e. The Balaban J connectivity index is 1.70. The van der Waals surface area contributed by atoms with E-state index in [1.807, 2.05) is 35.3 Å². The quantitative estimate of drug-likeness (QED) is 0.652. The lowest BCUT2D eigenvalue weighted by Crippen LogP contribution is -3.15. The van der Waals surface area contributed by atoms with E-state index in [9.17, 15) is 0 Å². The fourth-order valence-corrected chi connectivity index (χ4v) is 4.47. The maximum absolute atomic E-state index is 5.89. The van der Waals surface area contributed by atoms with Gasteiger partial charge in [-0.2, -0.15) is 4.68 Å². The van der Waals surface area contributed by atoms with Gasteiger partial charge in [0.2, 0.25) is 4.77 Å². The number of quaternary nitrogens is 1. The molecule has 5 nitrogen and oxygen atoms in total. The Bertz CT molecular complexity index is 948. The topological polar surface area (TPSA) is 40.1 Å². The van der Waals surface area contributed by atoms with Crippen LogP contribution < -0.4 is 4.90 Å². The highest BCUT2D eigenvalue weighted by Gasteiger charge is 2.26. The van der Waals surface area contributed by atoms with E-state index in [2.05, 4.69) is 40.7 Å². The standard InChI is InChI=1S/C22H27N5S/c1-2-20-10-6-7-15-25(20)17-27-22(28)26(16-18-8-4-3-5-9-18)21(24-27)19-11-13-23-14-12-19/h3-5,8-9,11-14,20H,2,6-7,10,15-17H2,1H3/p+1/t20-/m1/s1. The SMILES string of the molecule is CC[C@@H]1CCCC[NH+]1Cn1nc(-c2ccncc2)n(Cc2ccccc2)c1=S. The van der Waals surface area contributed by atoms with Gasteiger partial charge in [-0.25, -0.2) is 0 Å². The molecule has 1 N–H and O–H groups in total. The summed E-state index contributed by atoms with van der Waals surface area (Å²) in [4.78, 5) is 5.76. The molecule has 1 saturated heterocycles. The predicted molar refractivity (Wildman–Crippen MR) is 114 cm³/mol. The van der Waals surface area contributed by atoms with Crippen LogP contribution in [-0.2, 0) is 13.2 Å². The average Bonchev–Trinajstić information content (AvgIpc) is 3.05. The van der Waals surface area contributed by atoms with Crippen molar-refractivity contribution in [3.63, 3.8) is 0 Å². The van der Waals surface area contributed by atoms with Crippen molar-refractivity contribution < 1.29 is 4.90 Å². The zero-order valence-electron chi connectivity index (χ0n) is 16.4. The summed E-state index contributed by atoms with van der Waals surface area (Å²) in [5.41, 5.74) is 2.28. The van der Waals surface area contributed by atoms with Crippen LogP contribution in [0, 0.1) is 4.77 Å². The second kappa shape index (κ2) is 8.80. The van der Waals surface area contributed by atoms with Crippen molar-refractivity contribution in [2.24, 2.45) is 0 Å². The van der Waals surface area contributed by atoms with Crippen molar-refractivity contribution in [2.45, 2.75) is 51.9 Å². The monoisotopic (exact) mass is 394 g/mol. The van der Waals surface area contributed by atoms with Gasteiger partial charge in [-0.15, -0.1) is 5.10 Å². The summed E-state index contributed by atoms with van der Waals surface area (Å²) in [6.07, 6.45) is 8.78. The molecule has 2 atom stereocenters. The molecule has 0 spiro atoms. The van der Waals surface area contributed by atoms with Crippen LogP contribution in [0.2, 0.25) is 0 Å². The second-order valence-corrected chi connectivity index (χ2v) is 7.95. The van der Waals surface area contributed by atoms with Crippen molar-refractivity contribution in [2.75, 3.05) is 6.54 Å². The highest BCUT2D eigenvalue weighted by molar-refractivity contribution is 7.71. The first-order valence-electron chi connectivity index (χ1n) is 10.2. The molecule has 1 unspecified atom stereocenters. The lowest BCUT2D eigenvalue weighted by Gasteiger charge is -2.31. The fourth-order valence-electron chi connectivity index (χ4n) is 4.21. The third-order valence-corrected chi connectivity index (χ3v) is 6.20. The number of likely N-dealkylation sites (tertiary alicyclic amines) is 1. The van der Waals surface area contributed by atoms with Crippen LogP contribution in [0.5, 0.6) is 0 Å². The first-order valence-corrected chi connectivity index (χ1v) is 10.6. The zero-order chi connectivity index (χ0) is 19.3. The van der Waals surface area contributed by atoms with Crippen LogP contribution in [0.4, 0.5) is 0 Å². The maximum atomic E-state index is 5.89. The van der Waals surface area contributed by atoms with Crippen LogP contribution in [0.3, 0.4) is 0 Å². The molecule has 1 aliphatic rings. The van der Waals surface area contributed by atoms with Crippen LogP contribution in [0.1, 0.15) is 38.2 Å². The number of aromatic nitrogens is 4. The Labute approximate surface area is 171 Å². The minimum atomic E-state index is 0.708. The molecular formula is C22H28N5S+. The predicted octanol–water partition coefficient (Wildman–Crippen LogP) is 3.33. The van der Waals surface area contributed by atoms with Crippen molar-refractivity contribution in [3.05, 3.63) is 65.2 Å². The molecule has 1 aromatic carbocycles. The Morgan fingerprint density at radius 1 is 1.11 bits per heavy atom. The molecule has 28 heavy (non-hydrogen) atoms. The van der Waals surface area contributed by atoms with Crippen molar-refractivity contribution in [1.29, 1.82) is 0 Å². The smallest absolute Gasteiger partial charge is 0.203 e. The third kappa shape index (κ3) is 4.08. The molecular weight excluding hydrogens is 366 g/mol. The number of nitrogens with zero attached hydrogens (tertiary/aromatic N) is 4. The first-order chi connectivity index (χ1) is 13.8. The summed E-state index contributed by atoms with van der Waals surface area (Å²) >= 11 is 5.89. The van der Waals surface area contributed by atoms with Gasteiger partial charge in [0.15, 0.2) is 12.5 Å². The lowest BCUT2D eigenvalue weighted by atomic mass is 10.0. The van der Waals surface area contributed by atoms with E-state index in [1.165, 1.54) is 37.8 Å². The molecule has 0 bridgehead atoms. The molecule has 1 fully saturated rings. The van der Waals surface area contributed by atoms with E-state index in [-0.39, 0.29) is 0 Å². The highest BCUT2D eigenvalue weighted by Crippen LogP contribution is 2.19. The van der Waals surface area contributed by atoms with Gasteiger partial charge >= 0.3 is 0 Å². The number of benzene rings is 1. The van der Waals surface area contributed by atoms with E-state index in [0.717, 1.165) is 29.4 Å². The minimum absolute atomic E-state index is 0.708. The molecule has 0 amide bonds. The summed E-state index contributed by atoms with van der Waals surface area (Å²) in [5, 5.41) is 4.97. The number of nitrogens with one attached hydrogen (secondary N) is 1. The molecule has 4 rings (SSSR count). The van der Waals surface area contributed by atoms with E-state index in [0.29, 0.717) is 6.04 Å². The summed E-state index contributed by atoms with van der Waals surface area (Å²) in [6, 6.07) is 15.2. The average molecular weight is 395 g/mol. The zero-order valence-corrected chi connectivity index (χ0v) is 17.2. The Morgan fingerprint density at radius 3 is 2.64 bits per heavy atom. The molecule has 2 aromatic heterocycles. The molecule has 0 saturated carbocycles. The molecule has 3 heterocycles. The van der Waals surface area contributed by atoms with Gasteiger partial charge < -0.3 is 4.90 Å². The number of hydrogen-bond acceptors (Lipinski definition) is 3. The number of rotatable bonds is 6. The number of hydrogen-bond donors (Lipinski definition) is 1. The third-order valence-electron chi connectivity index (χ3n) is 5.77. The summed E-state index contributed by atoms with van der Waals surface area (Å²) in [6.45, 7) is 5.07. The van der Waals surface area contributed by atoms with Gasteiger partial charge in [0.1, 0.15) is 0 Å². The van der Waals surface area contributed by atoms with E-state index >= 15 is 0 Å². The molecule has 6 heteroatoms. The van der Waals surface area contributed by atoms with Gasteiger partial charge in [0, 0.05) is 18.0 Å². The Hall–Kier alpha value is -2.31. The fraction of sp³-hybridized carbons (Fsp3) is 0.409. The van der Waals surface area contributed by atoms with Gasteiger partial charge in [0.25, 0.3) is 0 Å². The summed E-state index contributed by atoms with van der Waals surface area (Å²) in [7, 11) is 0. The Morgan fingerprint density at radius 2 is 1.89 bits per heavy atom. The van der Waals surface area contributed by atoms with Gasteiger partial charge in [0.05, 0.1) is 19.1 Å². The van der Waals surface area contributed by atoms with Crippen molar-refractivity contribution in [1.82, 2.24) is 19.3 Å². The van der Waals surface area contributed by atoms with Crippen molar-refractivity contribution in [3.8, 4) is 11.4 Å². The summed E-state index contributed by atoms with van der Waals surface area (Å²) in [5.74, 6) is 0.917. The van der Waals surface area contributed by atoms with E-state index in [4.69, 9.17) is 17.3 Å². The number of pyridine rings is 1. The molecule has 3 aromatic rings. The van der Waals surface area contributed by atoms with E-state index < -0.39 is 0 Å². The van der Waals surface area contributed by atoms with E-state index in [1.54, 1.807) is 4.90 Å². The van der Waals surface area contributed by atoms with Crippen LogP contribution >= 0.6 is 12.2 Å². The van der Waals surface area contributed by atoms with Gasteiger partial charge in [-0.1, -0.05) is 37.3 Å². The van der Waals surface area contributed by atoms with Crippen molar-refractivity contribution >= 4 is 12.2 Å². The van der Waals surface area contributed by atoms with Crippen LogP contribution in [0.15, 0.2) is 54.9 Å². The second-order valence-electron chi connectivity index (χ2n) is 7.58. The lowest BCUT2D eigenvalue weighted by molar-refractivity contribution is -0.953. The van der Waals surface area contributed by atoms with Crippen LogP contribution in [-0.4, -0.2) is 31.9 Å². The first kappa shape index (κ1) is 19.0. The molecule has 146 valence electrons. The number of piperidine rings is 1. The van der Waals surface area contributed by atoms with Gasteiger partial charge in [-0.3, -0.25) is 9.55 Å². The molecule has 1 aliphatic heterocycles.